The van der Waals surface area contributed by atoms with E-state index in [2.05, 4.69) is 38.0 Å². The summed E-state index contributed by atoms with van der Waals surface area (Å²) in [6, 6.07) is 11.7. The van der Waals surface area contributed by atoms with Crippen LogP contribution in [0.4, 0.5) is 5.69 Å². The monoisotopic (exact) mass is 436 g/mol. The number of fused-ring (bicyclic) bond motifs is 1. The van der Waals surface area contributed by atoms with Gasteiger partial charge in [0.05, 0.1) is 5.69 Å². The van der Waals surface area contributed by atoms with Crippen LogP contribution in [-0.2, 0) is 0 Å². The second kappa shape index (κ2) is 13.8. The van der Waals surface area contributed by atoms with Gasteiger partial charge in [-0.1, -0.05) is 71.4 Å². The molecule has 0 aromatic heterocycles. The molecule has 174 valence electrons. The molecular formula is C27H40N4O. The van der Waals surface area contributed by atoms with E-state index in [4.69, 9.17) is 15.3 Å². The van der Waals surface area contributed by atoms with Gasteiger partial charge < -0.3 is 15.0 Å². The first-order valence-electron chi connectivity index (χ1n) is 12.2. The van der Waals surface area contributed by atoms with Gasteiger partial charge in [0.15, 0.2) is 11.3 Å². The number of rotatable bonds is 8. The maximum Gasteiger partial charge on any atom is 0.226 e. The second-order valence-corrected chi connectivity index (χ2v) is 9.64. The Bertz CT molecular complexity index is 769. The van der Waals surface area contributed by atoms with Gasteiger partial charge in [0.2, 0.25) is 5.88 Å². The van der Waals surface area contributed by atoms with Crippen molar-refractivity contribution in [3.05, 3.63) is 35.7 Å². The van der Waals surface area contributed by atoms with Crippen LogP contribution in [-0.4, -0.2) is 24.5 Å². The molecule has 1 heterocycles. The Kier molecular flexibility index (Phi) is 11.1. The molecule has 1 N–H and O–H groups in total. The van der Waals surface area contributed by atoms with Gasteiger partial charge in [-0.05, 0) is 56.8 Å². The van der Waals surface area contributed by atoms with Crippen LogP contribution in [0.5, 0.6) is 5.75 Å². The molecule has 0 amide bonds. The molecule has 1 aromatic rings. The van der Waals surface area contributed by atoms with Gasteiger partial charge in [0, 0.05) is 6.04 Å². The Hall–Kier alpha value is -2.50. The van der Waals surface area contributed by atoms with E-state index in [0.29, 0.717) is 5.75 Å². The van der Waals surface area contributed by atoms with Gasteiger partial charge in [0.1, 0.15) is 12.1 Å². The first-order chi connectivity index (χ1) is 15.4. The number of hydrogen-bond donors (Lipinski definition) is 1. The van der Waals surface area contributed by atoms with Crippen molar-refractivity contribution in [2.24, 2.45) is 11.8 Å². The van der Waals surface area contributed by atoms with E-state index >= 15 is 0 Å². The Balaban J connectivity index is 0.000000233. The average molecular weight is 437 g/mol. The van der Waals surface area contributed by atoms with E-state index in [1.165, 1.54) is 64.3 Å². The van der Waals surface area contributed by atoms with Crippen molar-refractivity contribution >= 4 is 5.69 Å². The summed E-state index contributed by atoms with van der Waals surface area (Å²) in [7, 11) is 2.34. The lowest BCUT2D eigenvalue weighted by atomic mass is 9.93. The fourth-order valence-corrected chi connectivity index (χ4v) is 4.30. The predicted octanol–water partition coefficient (Wildman–Crippen LogP) is 6.85. The van der Waals surface area contributed by atoms with Crippen molar-refractivity contribution < 1.29 is 4.74 Å². The third-order valence-electron chi connectivity index (χ3n) is 6.45. The zero-order valence-electron chi connectivity index (χ0n) is 20.4. The molecule has 1 aliphatic carbocycles. The fraction of sp³-hybridized carbons (Fsp3) is 0.630. The van der Waals surface area contributed by atoms with Gasteiger partial charge in [-0.2, -0.15) is 10.5 Å². The molecule has 2 aliphatic rings. The number of allylic oxidation sites excluding steroid dienone is 1. The normalized spacial score (nSPS) is 16.2. The number of hydrogen-bond acceptors (Lipinski definition) is 5. The summed E-state index contributed by atoms with van der Waals surface area (Å²) < 4.78 is 5.27. The van der Waals surface area contributed by atoms with Crippen molar-refractivity contribution in [1.82, 2.24) is 4.90 Å². The van der Waals surface area contributed by atoms with Crippen LogP contribution in [0.15, 0.2) is 35.7 Å². The van der Waals surface area contributed by atoms with Crippen LogP contribution in [0.2, 0.25) is 0 Å². The van der Waals surface area contributed by atoms with Crippen LogP contribution >= 0.6 is 0 Å². The number of nitrogens with one attached hydrogen (secondary N) is 1. The van der Waals surface area contributed by atoms with E-state index in [9.17, 15) is 0 Å². The Morgan fingerprint density at radius 3 is 2.38 bits per heavy atom. The largest absolute Gasteiger partial charge is 0.437 e. The van der Waals surface area contributed by atoms with Gasteiger partial charge in [-0.3, -0.25) is 0 Å². The van der Waals surface area contributed by atoms with Crippen molar-refractivity contribution in [3.63, 3.8) is 0 Å². The van der Waals surface area contributed by atoms with Gasteiger partial charge in [-0.25, -0.2) is 0 Å². The topological polar surface area (TPSA) is 72.1 Å². The summed E-state index contributed by atoms with van der Waals surface area (Å²) in [6.07, 6.45) is 12.9. The van der Waals surface area contributed by atoms with Gasteiger partial charge >= 0.3 is 0 Å². The summed E-state index contributed by atoms with van der Waals surface area (Å²) >= 11 is 0. The fourth-order valence-electron chi connectivity index (χ4n) is 4.30. The molecular weight excluding hydrogens is 396 g/mol. The smallest absolute Gasteiger partial charge is 0.226 e. The molecule has 1 unspecified atom stereocenters. The minimum atomic E-state index is -0.0544. The molecule has 1 aliphatic heterocycles. The third-order valence-corrected chi connectivity index (χ3v) is 6.45. The molecule has 3 rings (SSSR count). The van der Waals surface area contributed by atoms with E-state index in [0.717, 1.165) is 23.6 Å². The molecule has 1 saturated carbocycles. The zero-order chi connectivity index (χ0) is 23.3. The van der Waals surface area contributed by atoms with Crippen LogP contribution < -0.4 is 10.1 Å². The number of nitriles is 2. The van der Waals surface area contributed by atoms with E-state index < -0.39 is 0 Å². The maximum atomic E-state index is 8.62. The zero-order valence-corrected chi connectivity index (χ0v) is 20.4. The van der Waals surface area contributed by atoms with Crippen molar-refractivity contribution in [1.29, 1.82) is 10.5 Å². The summed E-state index contributed by atoms with van der Waals surface area (Å²) in [6.45, 7) is 8.42. The average Bonchev–Trinajstić information content (AvgIpc) is 3.23. The second-order valence-electron chi connectivity index (χ2n) is 9.64. The molecule has 1 fully saturated rings. The molecule has 5 heteroatoms. The molecule has 1 aromatic carbocycles. The van der Waals surface area contributed by atoms with E-state index in [1.807, 2.05) is 18.2 Å². The summed E-state index contributed by atoms with van der Waals surface area (Å²) in [4.78, 5) is 2.64. The van der Waals surface area contributed by atoms with E-state index in [1.54, 1.807) is 18.2 Å². The minimum absolute atomic E-state index is 0.0544. The molecule has 1 atom stereocenters. The Morgan fingerprint density at radius 2 is 1.75 bits per heavy atom. The number of anilines is 1. The summed E-state index contributed by atoms with van der Waals surface area (Å²) in [5.41, 5.74) is 0.715. The highest BCUT2D eigenvalue weighted by Crippen LogP contribution is 2.33. The van der Waals surface area contributed by atoms with Crippen molar-refractivity contribution in [2.75, 3.05) is 18.9 Å². The highest BCUT2D eigenvalue weighted by molar-refractivity contribution is 5.65. The molecule has 0 spiro atoms. The van der Waals surface area contributed by atoms with Crippen molar-refractivity contribution in [3.8, 4) is 17.9 Å². The van der Waals surface area contributed by atoms with Gasteiger partial charge in [0.25, 0.3) is 0 Å². The van der Waals surface area contributed by atoms with Gasteiger partial charge in [-0.15, -0.1) is 0 Å². The summed E-state index contributed by atoms with van der Waals surface area (Å²) in [5, 5.41) is 20.1. The lowest BCUT2D eigenvalue weighted by molar-refractivity contribution is 0.180. The molecule has 0 bridgehead atoms. The number of para-hydroxylation sites is 2. The van der Waals surface area contributed by atoms with Crippen LogP contribution in [0.3, 0.4) is 0 Å². The molecule has 0 radical (unpaired) electrons. The highest BCUT2D eigenvalue weighted by Gasteiger charge is 2.20. The first kappa shape index (κ1) is 25.8. The predicted molar refractivity (Wildman–Crippen MR) is 131 cm³/mol. The molecule has 5 nitrogen and oxygen atoms in total. The Labute approximate surface area is 195 Å². The van der Waals surface area contributed by atoms with Crippen LogP contribution in [0, 0.1) is 34.5 Å². The standard InChI is InChI=1S/C17H35N.C10H5N3O/c1-15(2)9-8-10-16(3)13-14-18(4)17-11-6-5-7-12-17;11-5-7(6-12)10-13-8-3-1-2-4-9(8)14-10/h15-17H,5-14H2,1-4H3;1-4,13H. The Morgan fingerprint density at radius 1 is 1.06 bits per heavy atom. The SMILES string of the molecule is CC(C)CCCC(C)CCN(C)C1CCCCC1.N#CC(C#N)=C1Nc2ccccc2O1. The van der Waals surface area contributed by atoms with Crippen LogP contribution in [0.1, 0.15) is 78.6 Å². The highest BCUT2D eigenvalue weighted by atomic mass is 16.5. The molecule has 0 saturated heterocycles. The quantitative estimate of drug-likeness (QED) is 0.451. The minimum Gasteiger partial charge on any atom is -0.437 e. The van der Waals surface area contributed by atoms with Crippen LogP contribution in [0.25, 0.3) is 0 Å². The molecule has 32 heavy (non-hydrogen) atoms. The number of nitrogens with zero attached hydrogens (tertiary/aromatic N) is 3. The van der Waals surface area contributed by atoms with Crippen molar-refractivity contribution in [2.45, 2.75) is 84.6 Å². The maximum absolute atomic E-state index is 8.62. The summed E-state index contributed by atoms with van der Waals surface area (Å²) in [5.74, 6) is 2.62. The number of benzene rings is 1. The number of ether oxygens (including phenoxy) is 1. The third kappa shape index (κ3) is 8.56. The first-order valence-corrected chi connectivity index (χ1v) is 12.2. The lowest BCUT2D eigenvalue weighted by Gasteiger charge is -2.31. The van der Waals surface area contributed by atoms with E-state index in [-0.39, 0.29) is 11.5 Å². The lowest BCUT2D eigenvalue weighted by Crippen LogP contribution is -2.34.